The van der Waals surface area contributed by atoms with Crippen molar-refractivity contribution in [1.29, 1.82) is 0 Å². The van der Waals surface area contributed by atoms with Crippen LogP contribution in [0.4, 0.5) is 0 Å². The normalized spacial score (nSPS) is 50.9. The molecule has 33 heavy (non-hydrogen) atoms. The van der Waals surface area contributed by atoms with Crippen molar-refractivity contribution in [2.75, 3.05) is 0 Å². The highest BCUT2D eigenvalue weighted by Crippen LogP contribution is 2.75. The number of rotatable bonds is 5. The van der Waals surface area contributed by atoms with Gasteiger partial charge in [0.15, 0.2) is 0 Å². The lowest BCUT2D eigenvalue weighted by molar-refractivity contribution is -0.246. The van der Waals surface area contributed by atoms with Crippen LogP contribution in [0.5, 0.6) is 0 Å². The summed E-state index contributed by atoms with van der Waals surface area (Å²) < 4.78 is 0. The molecule has 0 aromatic rings. The Morgan fingerprint density at radius 3 is 2.15 bits per heavy atom. The molecule has 10 atom stereocenters. The van der Waals surface area contributed by atoms with Crippen molar-refractivity contribution in [3.8, 4) is 0 Å². The molecule has 0 radical (unpaired) electrons. The monoisotopic (exact) mass is 462 g/mol. The topological polar surface area (TPSA) is 60.7 Å². The molecule has 0 aromatic carbocycles. The van der Waals surface area contributed by atoms with E-state index in [4.69, 9.17) is 0 Å². The van der Waals surface area contributed by atoms with E-state index in [2.05, 4.69) is 55.4 Å². The van der Waals surface area contributed by atoms with Gasteiger partial charge >= 0.3 is 0 Å². The highest BCUT2D eigenvalue weighted by Gasteiger charge is 2.71. The van der Waals surface area contributed by atoms with Crippen molar-refractivity contribution in [3.05, 3.63) is 0 Å². The minimum Gasteiger partial charge on any atom is -0.393 e. The number of aliphatic hydroxyl groups is 3. The first-order valence-corrected chi connectivity index (χ1v) is 14.2. The lowest BCUT2D eigenvalue weighted by Gasteiger charge is -2.70. The van der Waals surface area contributed by atoms with Crippen LogP contribution in [0.15, 0.2) is 0 Å². The van der Waals surface area contributed by atoms with Crippen LogP contribution in [0.3, 0.4) is 0 Å². The SMILES string of the molecule is CC(C)CCC[C@](C)(O)[C@H]1CC[C@]2(C)[C@@H]1[C@H](O)C[C@@H]1[C@@]3(C)CC[C@H](O)C(C)(C)[C@@H]3CC[C@]12C. The maximum Gasteiger partial charge on any atom is 0.0651 e. The summed E-state index contributed by atoms with van der Waals surface area (Å²) in [4.78, 5) is 0. The molecule has 4 fully saturated rings. The van der Waals surface area contributed by atoms with E-state index in [-0.39, 0.29) is 45.7 Å². The fourth-order valence-electron chi connectivity index (χ4n) is 10.5. The quantitative estimate of drug-likeness (QED) is 0.432. The van der Waals surface area contributed by atoms with Crippen LogP contribution in [0.1, 0.15) is 120 Å². The average molecular weight is 463 g/mol. The third-order valence-corrected chi connectivity index (χ3v) is 12.6. The van der Waals surface area contributed by atoms with Crippen LogP contribution in [0, 0.1) is 51.2 Å². The Morgan fingerprint density at radius 1 is 0.879 bits per heavy atom. The van der Waals surface area contributed by atoms with Crippen LogP contribution in [0.2, 0.25) is 0 Å². The second-order valence-corrected chi connectivity index (χ2v) is 15.0. The average Bonchev–Trinajstić information content (AvgIpc) is 3.08. The summed E-state index contributed by atoms with van der Waals surface area (Å²) >= 11 is 0. The lowest BCUT2D eigenvalue weighted by Crippen LogP contribution is -2.66. The van der Waals surface area contributed by atoms with Crippen LogP contribution >= 0.6 is 0 Å². The fourth-order valence-corrected chi connectivity index (χ4v) is 10.5. The molecule has 0 unspecified atom stereocenters. The van der Waals surface area contributed by atoms with Gasteiger partial charge in [-0.1, -0.05) is 61.3 Å². The molecule has 3 N–H and O–H groups in total. The van der Waals surface area contributed by atoms with E-state index in [1.165, 1.54) is 12.8 Å². The van der Waals surface area contributed by atoms with Crippen LogP contribution < -0.4 is 0 Å². The van der Waals surface area contributed by atoms with Crippen molar-refractivity contribution < 1.29 is 15.3 Å². The van der Waals surface area contributed by atoms with Crippen molar-refractivity contribution in [2.45, 2.75) is 137 Å². The molecule has 4 rings (SSSR count). The predicted octanol–water partition coefficient (Wildman–Crippen LogP) is 6.58. The van der Waals surface area contributed by atoms with Gasteiger partial charge in [-0.3, -0.25) is 0 Å². The molecule has 0 spiro atoms. The highest BCUT2D eigenvalue weighted by atomic mass is 16.3. The molecular weight excluding hydrogens is 408 g/mol. The Morgan fingerprint density at radius 2 is 1.52 bits per heavy atom. The molecule has 0 heterocycles. The third-order valence-electron chi connectivity index (χ3n) is 12.6. The van der Waals surface area contributed by atoms with E-state index in [9.17, 15) is 15.3 Å². The standard InChI is InChI=1S/C30H54O3/c1-19(2)10-9-14-30(8,33)20-11-16-29(7)25(20)21(31)18-23-27(5)15-13-24(32)26(3,4)22(27)12-17-28(23,29)6/h19-25,31-33H,9-18H2,1-8H3/t20-,21+,22-,23+,24-,25-,27-,28+,29+,30-/m0/s1. The second-order valence-electron chi connectivity index (χ2n) is 15.0. The number of fused-ring (bicyclic) bond motifs is 5. The molecule has 192 valence electrons. The van der Waals surface area contributed by atoms with Gasteiger partial charge in [-0.15, -0.1) is 0 Å². The van der Waals surface area contributed by atoms with Crippen molar-refractivity contribution in [1.82, 2.24) is 0 Å². The molecule has 0 aliphatic heterocycles. The Balaban J connectivity index is 1.64. The van der Waals surface area contributed by atoms with E-state index < -0.39 is 5.60 Å². The zero-order valence-electron chi connectivity index (χ0n) is 23.0. The molecule has 4 saturated carbocycles. The molecule has 3 heteroatoms. The van der Waals surface area contributed by atoms with Crippen molar-refractivity contribution >= 4 is 0 Å². The number of hydrogen-bond donors (Lipinski definition) is 3. The van der Waals surface area contributed by atoms with E-state index in [1.807, 2.05) is 0 Å². The summed E-state index contributed by atoms with van der Waals surface area (Å²) in [6.07, 6.45) is 9.90. The second kappa shape index (κ2) is 8.20. The lowest BCUT2D eigenvalue weighted by atomic mass is 9.35. The molecule has 3 nitrogen and oxygen atoms in total. The van der Waals surface area contributed by atoms with Gasteiger partial charge in [-0.05, 0) is 110 Å². The largest absolute Gasteiger partial charge is 0.393 e. The van der Waals surface area contributed by atoms with Crippen molar-refractivity contribution in [2.24, 2.45) is 51.2 Å². The molecular formula is C30H54O3. The highest BCUT2D eigenvalue weighted by molar-refractivity contribution is 5.19. The third kappa shape index (κ3) is 3.69. The Kier molecular flexibility index (Phi) is 6.45. The summed E-state index contributed by atoms with van der Waals surface area (Å²) in [6, 6.07) is 0. The fraction of sp³-hybridized carbons (Fsp3) is 1.00. The minimum atomic E-state index is -0.695. The van der Waals surface area contributed by atoms with Crippen LogP contribution in [-0.2, 0) is 0 Å². The van der Waals surface area contributed by atoms with E-state index in [1.54, 1.807) is 0 Å². The van der Waals surface area contributed by atoms with Crippen LogP contribution in [-0.4, -0.2) is 33.1 Å². The maximum atomic E-state index is 11.8. The summed E-state index contributed by atoms with van der Waals surface area (Å²) in [7, 11) is 0. The summed E-state index contributed by atoms with van der Waals surface area (Å²) in [6.45, 7) is 18.7. The molecule has 4 aliphatic rings. The summed E-state index contributed by atoms with van der Waals surface area (Å²) in [5, 5.41) is 34.3. The number of hydrogen-bond acceptors (Lipinski definition) is 3. The first-order valence-electron chi connectivity index (χ1n) is 14.2. The van der Waals surface area contributed by atoms with E-state index in [0.717, 1.165) is 51.4 Å². The minimum absolute atomic E-state index is 0.0602. The van der Waals surface area contributed by atoms with Gasteiger partial charge in [0.05, 0.1) is 17.8 Å². The van der Waals surface area contributed by atoms with Gasteiger partial charge in [0.25, 0.3) is 0 Å². The zero-order valence-corrected chi connectivity index (χ0v) is 23.0. The Hall–Kier alpha value is -0.120. The maximum absolute atomic E-state index is 11.8. The molecule has 0 aromatic heterocycles. The van der Waals surface area contributed by atoms with Gasteiger partial charge < -0.3 is 15.3 Å². The summed E-state index contributed by atoms with van der Waals surface area (Å²) in [5.41, 5.74) is -0.336. The Labute approximate surface area is 204 Å². The van der Waals surface area contributed by atoms with E-state index >= 15 is 0 Å². The van der Waals surface area contributed by atoms with Gasteiger partial charge in [0.2, 0.25) is 0 Å². The number of aliphatic hydroxyl groups excluding tert-OH is 2. The first-order chi connectivity index (χ1) is 15.1. The van der Waals surface area contributed by atoms with Gasteiger partial charge in [0, 0.05) is 0 Å². The molecule has 4 aliphatic carbocycles. The Bertz CT molecular complexity index is 728. The smallest absolute Gasteiger partial charge is 0.0651 e. The first kappa shape index (κ1) is 26.0. The van der Waals surface area contributed by atoms with Crippen LogP contribution in [0.25, 0.3) is 0 Å². The van der Waals surface area contributed by atoms with Gasteiger partial charge in [-0.2, -0.15) is 0 Å². The zero-order chi connectivity index (χ0) is 24.6. The molecule has 0 saturated heterocycles. The van der Waals surface area contributed by atoms with Gasteiger partial charge in [-0.25, -0.2) is 0 Å². The van der Waals surface area contributed by atoms with Crippen molar-refractivity contribution in [3.63, 3.8) is 0 Å². The summed E-state index contributed by atoms with van der Waals surface area (Å²) in [5.74, 6) is 2.04. The predicted molar refractivity (Wildman–Crippen MR) is 136 cm³/mol. The van der Waals surface area contributed by atoms with Gasteiger partial charge in [0.1, 0.15) is 0 Å². The molecule has 0 amide bonds. The van der Waals surface area contributed by atoms with E-state index in [0.29, 0.717) is 17.8 Å². The molecule has 0 bridgehead atoms.